The van der Waals surface area contributed by atoms with Gasteiger partial charge in [-0.25, -0.2) is 0 Å². The van der Waals surface area contributed by atoms with Gasteiger partial charge in [-0.1, -0.05) is 30.4 Å². The van der Waals surface area contributed by atoms with E-state index in [9.17, 15) is 9.90 Å². The molecule has 0 atom stereocenters. The standard InChI is InChI=1S/C32H44N4O3/c1-22(2)31(39-5)18-9-23(3)25-12-10-24(11-13-25)21-36(32(38)26-14-16-29(37)17-15-26)28-8-6-7-27(19-28)30-20-33-35(4)34-30/h6-9,18-20,24-26,29,37H,3,10-17,21H2,1-2,4-5H3/b18-9-/t24-,25-,26-,29-. The second-order valence-corrected chi connectivity index (χ2v) is 11.4. The van der Waals surface area contributed by atoms with E-state index in [1.807, 2.05) is 43.0 Å². The number of ether oxygens (including phenoxy) is 1. The van der Waals surface area contributed by atoms with E-state index in [0.717, 1.165) is 72.4 Å². The molecule has 4 rings (SSSR count). The first-order valence-corrected chi connectivity index (χ1v) is 14.3. The molecule has 1 heterocycles. The van der Waals surface area contributed by atoms with E-state index in [2.05, 4.69) is 28.9 Å². The summed E-state index contributed by atoms with van der Waals surface area (Å²) in [6, 6.07) is 8.11. The Morgan fingerprint density at radius 2 is 1.79 bits per heavy atom. The average Bonchev–Trinajstić information content (AvgIpc) is 3.38. The highest BCUT2D eigenvalue weighted by molar-refractivity contribution is 5.95. The van der Waals surface area contributed by atoms with E-state index in [1.165, 1.54) is 0 Å². The molecule has 2 aliphatic carbocycles. The summed E-state index contributed by atoms with van der Waals surface area (Å²) in [4.78, 5) is 17.5. The number of rotatable bonds is 9. The summed E-state index contributed by atoms with van der Waals surface area (Å²) in [5, 5.41) is 18.7. The van der Waals surface area contributed by atoms with E-state index in [0.29, 0.717) is 31.2 Å². The van der Waals surface area contributed by atoms with Gasteiger partial charge in [0.25, 0.3) is 0 Å². The number of aliphatic hydroxyl groups is 1. The molecule has 0 spiro atoms. The summed E-state index contributed by atoms with van der Waals surface area (Å²) in [5.74, 6) is 1.92. The van der Waals surface area contributed by atoms with Gasteiger partial charge in [-0.05, 0) is 101 Å². The summed E-state index contributed by atoms with van der Waals surface area (Å²) in [5.41, 5.74) is 4.96. The summed E-state index contributed by atoms with van der Waals surface area (Å²) in [6.07, 6.45) is 12.7. The number of benzene rings is 1. The molecule has 210 valence electrons. The lowest BCUT2D eigenvalue weighted by molar-refractivity contribution is -0.124. The molecule has 1 aromatic carbocycles. The van der Waals surface area contributed by atoms with Crippen molar-refractivity contribution in [2.45, 2.75) is 71.3 Å². The van der Waals surface area contributed by atoms with Crippen molar-refractivity contribution in [2.24, 2.45) is 24.8 Å². The van der Waals surface area contributed by atoms with Crippen LogP contribution in [-0.4, -0.2) is 45.8 Å². The van der Waals surface area contributed by atoms with E-state index in [-0.39, 0.29) is 17.9 Å². The highest BCUT2D eigenvalue weighted by Gasteiger charge is 2.32. The Labute approximate surface area is 233 Å². The first kappa shape index (κ1) is 28.8. The molecule has 2 aliphatic rings. The number of anilines is 1. The van der Waals surface area contributed by atoms with Gasteiger partial charge in [-0.3, -0.25) is 4.79 Å². The van der Waals surface area contributed by atoms with Crippen LogP contribution in [0, 0.1) is 17.8 Å². The van der Waals surface area contributed by atoms with Gasteiger partial charge in [0.2, 0.25) is 5.91 Å². The van der Waals surface area contributed by atoms with E-state index in [4.69, 9.17) is 4.74 Å². The van der Waals surface area contributed by atoms with Crippen LogP contribution in [0.4, 0.5) is 5.69 Å². The SMILES string of the molecule is C=C(/C=C\C(OC)=C(C)C)[C@H]1CC[C@H](CN(c2cccc(-c3cnn(C)n3)c2)C(=O)[C@H]2CC[C@H](O)CC2)CC1. The number of hydrogen-bond donors (Lipinski definition) is 1. The van der Waals surface area contributed by atoms with Crippen LogP contribution >= 0.6 is 0 Å². The molecule has 1 amide bonds. The van der Waals surface area contributed by atoms with Gasteiger partial charge in [-0.2, -0.15) is 15.0 Å². The topological polar surface area (TPSA) is 80.5 Å². The Morgan fingerprint density at radius 1 is 1.10 bits per heavy atom. The highest BCUT2D eigenvalue weighted by atomic mass is 16.5. The molecule has 2 saturated carbocycles. The van der Waals surface area contributed by atoms with E-state index < -0.39 is 0 Å². The molecule has 0 aliphatic heterocycles. The molecule has 2 aromatic rings. The fourth-order valence-electron chi connectivity index (χ4n) is 5.91. The van der Waals surface area contributed by atoms with Crippen LogP contribution in [0.15, 0.2) is 66.1 Å². The zero-order chi connectivity index (χ0) is 27.9. The Balaban J connectivity index is 1.47. The van der Waals surface area contributed by atoms with Gasteiger partial charge < -0.3 is 14.7 Å². The van der Waals surface area contributed by atoms with E-state index in [1.54, 1.807) is 25.2 Å². The third-order valence-electron chi connectivity index (χ3n) is 8.34. The minimum Gasteiger partial charge on any atom is -0.497 e. The van der Waals surface area contributed by atoms with Crippen molar-refractivity contribution in [3.63, 3.8) is 0 Å². The Bertz CT molecular complexity index is 1190. The molecular formula is C32H44N4O3. The molecule has 0 saturated heterocycles. The molecule has 2 fully saturated rings. The number of carbonyl (C=O) groups is 1. The van der Waals surface area contributed by atoms with Crippen LogP contribution in [0.3, 0.4) is 0 Å². The Kier molecular flexibility index (Phi) is 9.78. The maximum absolute atomic E-state index is 13.9. The summed E-state index contributed by atoms with van der Waals surface area (Å²) in [7, 11) is 3.51. The summed E-state index contributed by atoms with van der Waals surface area (Å²) >= 11 is 0. The van der Waals surface area contributed by atoms with Crippen LogP contribution in [0.1, 0.15) is 65.2 Å². The van der Waals surface area contributed by atoms with Crippen molar-refractivity contribution >= 4 is 11.6 Å². The minimum absolute atomic E-state index is 0.0418. The van der Waals surface area contributed by atoms with Crippen molar-refractivity contribution in [1.82, 2.24) is 15.0 Å². The first-order chi connectivity index (χ1) is 18.7. The number of aliphatic hydroxyl groups excluding tert-OH is 1. The quantitative estimate of drug-likeness (QED) is 0.306. The molecule has 1 aromatic heterocycles. The molecule has 0 radical (unpaired) electrons. The molecule has 1 N–H and O–H groups in total. The minimum atomic E-state index is -0.281. The molecule has 7 heteroatoms. The zero-order valence-electron chi connectivity index (χ0n) is 24.0. The number of aromatic nitrogens is 3. The van der Waals surface area contributed by atoms with Crippen molar-refractivity contribution < 1.29 is 14.6 Å². The number of carbonyl (C=O) groups excluding carboxylic acids is 1. The number of hydrogen-bond acceptors (Lipinski definition) is 5. The number of nitrogens with zero attached hydrogens (tertiary/aromatic N) is 4. The molecule has 0 unspecified atom stereocenters. The van der Waals surface area contributed by atoms with Crippen LogP contribution in [-0.2, 0) is 16.6 Å². The first-order valence-electron chi connectivity index (χ1n) is 14.3. The predicted octanol–water partition coefficient (Wildman–Crippen LogP) is 6.23. The van der Waals surface area contributed by atoms with Crippen LogP contribution in [0.2, 0.25) is 0 Å². The fraction of sp³-hybridized carbons (Fsp3) is 0.531. The van der Waals surface area contributed by atoms with Crippen molar-refractivity contribution in [1.29, 1.82) is 0 Å². The van der Waals surface area contributed by atoms with Gasteiger partial charge in [0, 0.05) is 30.8 Å². The molecule has 7 nitrogen and oxygen atoms in total. The normalized spacial score (nSPS) is 23.4. The number of methoxy groups -OCH3 is 1. The smallest absolute Gasteiger partial charge is 0.230 e. The van der Waals surface area contributed by atoms with Crippen LogP contribution in [0.5, 0.6) is 0 Å². The largest absolute Gasteiger partial charge is 0.497 e. The average molecular weight is 533 g/mol. The van der Waals surface area contributed by atoms with Crippen LogP contribution in [0.25, 0.3) is 11.3 Å². The molecule has 0 bridgehead atoms. The summed E-state index contributed by atoms with van der Waals surface area (Å²) < 4.78 is 5.46. The van der Waals surface area contributed by atoms with Crippen LogP contribution < -0.4 is 4.90 Å². The van der Waals surface area contributed by atoms with Gasteiger partial charge in [0.1, 0.15) is 11.5 Å². The Morgan fingerprint density at radius 3 is 2.41 bits per heavy atom. The predicted molar refractivity (Wildman–Crippen MR) is 156 cm³/mol. The highest BCUT2D eigenvalue weighted by Crippen LogP contribution is 2.36. The third kappa shape index (κ3) is 7.47. The summed E-state index contributed by atoms with van der Waals surface area (Å²) in [6.45, 7) is 9.15. The second kappa shape index (κ2) is 13.2. The maximum Gasteiger partial charge on any atom is 0.230 e. The third-order valence-corrected chi connectivity index (χ3v) is 8.34. The van der Waals surface area contributed by atoms with Crippen molar-refractivity contribution in [2.75, 3.05) is 18.6 Å². The lowest BCUT2D eigenvalue weighted by Crippen LogP contribution is -2.42. The second-order valence-electron chi connectivity index (χ2n) is 11.4. The van der Waals surface area contributed by atoms with Gasteiger partial charge in [-0.15, -0.1) is 0 Å². The lowest BCUT2D eigenvalue weighted by Gasteiger charge is -2.36. The van der Waals surface area contributed by atoms with E-state index >= 15 is 0 Å². The monoisotopic (exact) mass is 532 g/mol. The number of allylic oxidation sites excluding steroid dienone is 4. The fourth-order valence-corrected chi connectivity index (χ4v) is 5.91. The lowest BCUT2D eigenvalue weighted by atomic mass is 9.78. The Hall–Kier alpha value is -3.19. The molecule has 39 heavy (non-hydrogen) atoms. The maximum atomic E-state index is 13.9. The van der Waals surface area contributed by atoms with Gasteiger partial charge in [0.15, 0.2) is 0 Å². The zero-order valence-corrected chi connectivity index (χ0v) is 24.0. The number of amides is 1. The molecular weight excluding hydrogens is 488 g/mol. The van der Waals surface area contributed by atoms with Crippen molar-refractivity contribution in [3.05, 3.63) is 66.1 Å². The van der Waals surface area contributed by atoms with Gasteiger partial charge in [0.05, 0.1) is 19.4 Å². The number of aryl methyl sites for hydroxylation is 1. The van der Waals surface area contributed by atoms with Crippen molar-refractivity contribution in [3.8, 4) is 11.3 Å². The van der Waals surface area contributed by atoms with Gasteiger partial charge >= 0.3 is 0 Å².